The van der Waals surface area contributed by atoms with Crippen LogP contribution in [0.25, 0.3) is 6.08 Å². The number of rotatable bonds is 5. The van der Waals surface area contributed by atoms with Crippen LogP contribution in [0.15, 0.2) is 24.3 Å². The van der Waals surface area contributed by atoms with Crippen molar-refractivity contribution in [2.45, 2.75) is 13.3 Å². The molecule has 1 rings (SSSR count). The first-order valence-electron chi connectivity index (χ1n) is 5.33. The standard InChI is InChI=1S/C13H13FO3S/c1-9(15)18-7-3-2-4-10-5-6-11(13(16)17)12(14)8-10/h2,4-6,8H,3,7H2,1H3,(H,16,17). The lowest BCUT2D eigenvalue weighted by atomic mass is 10.1. The van der Waals surface area contributed by atoms with Gasteiger partial charge in [0, 0.05) is 12.7 Å². The van der Waals surface area contributed by atoms with E-state index in [1.165, 1.54) is 30.8 Å². The molecule has 1 N–H and O–H groups in total. The minimum atomic E-state index is -1.28. The van der Waals surface area contributed by atoms with Gasteiger partial charge in [0.05, 0.1) is 5.56 Å². The molecule has 3 nitrogen and oxygen atoms in total. The highest BCUT2D eigenvalue weighted by molar-refractivity contribution is 8.13. The second-order valence-electron chi connectivity index (χ2n) is 3.58. The minimum Gasteiger partial charge on any atom is -0.478 e. The van der Waals surface area contributed by atoms with Gasteiger partial charge in [0.25, 0.3) is 0 Å². The van der Waals surface area contributed by atoms with Gasteiger partial charge in [-0.2, -0.15) is 0 Å². The van der Waals surface area contributed by atoms with Crippen LogP contribution >= 0.6 is 11.8 Å². The third-order valence-corrected chi connectivity index (χ3v) is 2.97. The molecule has 0 amide bonds. The number of carboxylic acids is 1. The van der Waals surface area contributed by atoms with Gasteiger partial charge in [0.2, 0.25) is 0 Å². The molecule has 0 aliphatic rings. The third-order valence-electron chi connectivity index (χ3n) is 2.12. The van der Waals surface area contributed by atoms with Crippen molar-refractivity contribution >= 4 is 28.9 Å². The molecule has 5 heteroatoms. The van der Waals surface area contributed by atoms with Gasteiger partial charge in [-0.1, -0.05) is 30.0 Å². The van der Waals surface area contributed by atoms with Crippen LogP contribution in [0, 0.1) is 5.82 Å². The van der Waals surface area contributed by atoms with E-state index in [-0.39, 0.29) is 10.7 Å². The number of hydrogen-bond donors (Lipinski definition) is 1. The molecular weight excluding hydrogens is 255 g/mol. The van der Waals surface area contributed by atoms with Crippen LogP contribution in [0.2, 0.25) is 0 Å². The molecule has 0 fully saturated rings. The van der Waals surface area contributed by atoms with E-state index in [2.05, 4.69) is 0 Å². The van der Waals surface area contributed by atoms with E-state index in [1.54, 1.807) is 12.1 Å². The molecule has 1 aromatic rings. The largest absolute Gasteiger partial charge is 0.478 e. The van der Waals surface area contributed by atoms with E-state index in [9.17, 15) is 14.0 Å². The smallest absolute Gasteiger partial charge is 0.338 e. The molecule has 0 saturated heterocycles. The van der Waals surface area contributed by atoms with Gasteiger partial charge in [0.15, 0.2) is 5.12 Å². The van der Waals surface area contributed by atoms with E-state index >= 15 is 0 Å². The Balaban J connectivity index is 2.58. The zero-order chi connectivity index (χ0) is 13.5. The van der Waals surface area contributed by atoms with Crippen LogP contribution in [0.1, 0.15) is 29.3 Å². The molecule has 96 valence electrons. The average Bonchev–Trinajstić information content (AvgIpc) is 2.27. The third kappa shape index (κ3) is 4.71. The molecule has 0 aliphatic heterocycles. The average molecular weight is 268 g/mol. The summed E-state index contributed by atoms with van der Waals surface area (Å²) in [7, 11) is 0. The molecular formula is C13H13FO3S. The Morgan fingerprint density at radius 1 is 1.44 bits per heavy atom. The molecule has 0 bridgehead atoms. The van der Waals surface area contributed by atoms with Crippen molar-refractivity contribution in [1.29, 1.82) is 0 Å². The number of aromatic carboxylic acids is 1. The number of allylic oxidation sites excluding steroid dienone is 1. The Kier molecular flexibility index (Phi) is 5.58. The quantitative estimate of drug-likeness (QED) is 0.833. The number of halogens is 1. The Labute approximate surface area is 109 Å². The van der Waals surface area contributed by atoms with E-state index < -0.39 is 11.8 Å². The number of carbonyl (C=O) groups is 2. The van der Waals surface area contributed by atoms with Crippen molar-refractivity contribution in [2.24, 2.45) is 0 Å². The van der Waals surface area contributed by atoms with Crippen LogP contribution in [-0.4, -0.2) is 21.9 Å². The fraction of sp³-hybridized carbons (Fsp3) is 0.231. The van der Waals surface area contributed by atoms with Crippen molar-refractivity contribution in [3.8, 4) is 0 Å². The van der Waals surface area contributed by atoms with Crippen LogP contribution in [-0.2, 0) is 4.79 Å². The van der Waals surface area contributed by atoms with Crippen molar-refractivity contribution in [3.05, 3.63) is 41.2 Å². The molecule has 18 heavy (non-hydrogen) atoms. The summed E-state index contributed by atoms with van der Waals surface area (Å²) in [5.74, 6) is -1.34. The summed E-state index contributed by atoms with van der Waals surface area (Å²) in [6, 6.07) is 3.96. The fourth-order valence-electron chi connectivity index (χ4n) is 1.30. The highest BCUT2D eigenvalue weighted by Gasteiger charge is 2.09. The van der Waals surface area contributed by atoms with E-state index in [0.717, 1.165) is 0 Å². The molecule has 0 aromatic heterocycles. The topological polar surface area (TPSA) is 54.4 Å². The molecule has 0 unspecified atom stereocenters. The van der Waals surface area contributed by atoms with Crippen molar-refractivity contribution in [3.63, 3.8) is 0 Å². The van der Waals surface area contributed by atoms with Crippen molar-refractivity contribution in [1.82, 2.24) is 0 Å². The zero-order valence-corrected chi connectivity index (χ0v) is 10.7. The first-order valence-corrected chi connectivity index (χ1v) is 6.32. The number of benzene rings is 1. The maximum atomic E-state index is 13.3. The fourth-order valence-corrected chi connectivity index (χ4v) is 1.84. The van der Waals surface area contributed by atoms with Gasteiger partial charge >= 0.3 is 5.97 Å². The Morgan fingerprint density at radius 2 is 2.17 bits per heavy atom. The number of hydrogen-bond acceptors (Lipinski definition) is 3. The molecule has 0 heterocycles. The summed E-state index contributed by atoms with van der Waals surface area (Å²) in [5, 5.41) is 8.73. The number of carbonyl (C=O) groups excluding carboxylic acids is 1. The highest BCUT2D eigenvalue weighted by atomic mass is 32.2. The maximum absolute atomic E-state index is 13.3. The number of carboxylic acid groups (broad SMARTS) is 1. The van der Waals surface area contributed by atoms with Crippen molar-refractivity contribution < 1.29 is 19.1 Å². The molecule has 0 radical (unpaired) electrons. The molecule has 0 spiro atoms. The SMILES string of the molecule is CC(=O)SCCC=Cc1ccc(C(=O)O)c(F)c1. The zero-order valence-electron chi connectivity index (χ0n) is 9.85. The second-order valence-corrected chi connectivity index (χ2v) is 4.85. The van der Waals surface area contributed by atoms with Crippen LogP contribution in [0.4, 0.5) is 4.39 Å². The second kappa shape index (κ2) is 6.96. The monoisotopic (exact) mass is 268 g/mol. The van der Waals surface area contributed by atoms with Gasteiger partial charge in [-0.05, 0) is 24.1 Å². The van der Waals surface area contributed by atoms with Gasteiger partial charge in [-0.15, -0.1) is 0 Å². The first-order chi connectivity index (χ1) is 8.50. The van der Waals surface area contributed by atoms with Crippen LogP contribution in [0.5, 0.6) is 0 Å². The first kappa shape index (κ1) is 14.4. The Bertz CT molecular complexity index is 483. The summed E-state index contributed by atoms with van der Waals surface area (Å²) >= 11 is 1.23. The lowest BCUT2D eigenvalue weighted by molar-refractivity contribution is -0.109. The predicted octanol–water partition coefficient (Wildman–Crippen LogP) is 3.21. The predicted molar refractivity (Wildman–Crippen MR) is 70.1 cm³/mol. The van der Waals surface area contributed by atoms with Gasteiger partial charge in [-0.25, -0.2) is 9.18 Å². The maximum Gasteiger partial charge on any atom is 0.338 e. The molecule has 0 saturated carbocycles. The number of thioether (sulfide) groups is 1. The summed E-state index contributed by atoms with van der Waals surface area (Å²) in [6.07, 6.45) is 4.23. The molecule has 0 aliphatic carbocycles. The summed E-state index contributed by atoms with van der Waals surface area (Å²) in [6.45, 7) is 1.51. The normalized spacial score (nSPS) is 10.8. The highest BCUT2D eigenvalue weighted by Crippen LogP contribution is 2.12. The van der Waals surface area contributed by atoms with Crippen LogP contribution in [0.3, 0.4) is 0 Å². The Morgan fingerprint density at radius 3 is 2.72 bits per heavy atom. The van der Waals surface area contributed by atoms with E-state index in [1.807, 2.05) is 6.08 Å². The Hall–Kier alpha value is -1.62. The molecule has 0 atom stereocenters. The van der Waals surface area contributed by atoms with E-state index in [0.29, 0.717) is 17.7 Å². The van der Waals surface area contributed by atoms with E-state index in [4.69, 9.17) is 5.11 Å². The lowest BCUT2D eigenvalue weighted by Crippen LogP contribution is -2.00. The van der Waals surface area contributed by atoms with Crippen molar-refractivity contribution in [2.75, 3.05) is 5.75 Å². The van der Waals surface area contributed by atoms with Gasteiger partial charge in [0.1, 0.15) is 5.82 Å². The van der Waals surface area contributed by atoms with Gasteiger partial charge in [-0.3, -0.25) is 4.79 Å². The van der Waals surface area contributed by atoms with Gasteiger partial charge < -0.3 is 5.11 Å². The molecule has 1 aromatic carbocycles. The summed E-state index contributed by atoms with van der Waals surface area (Å²) in [5.41, 5.74) is 0.268. The summed E-state index contributed by atoms with van der Waals surface area (Å²) < 4.78 is 13.3. The van der Waals surface area contributed by atoms with Crippen LogP contribution < -0.4 is 0 Å². The minimum absolute atomic E-state index is 0.0697. The summed E-state index contributed by atoms with van der Waals surface area (Å²) in [4.78, 5) is 21.3. The lowest BCUT2D eigenvalue weighted by Gasteiger charge is -1.99.